The van der Waals surface area contributed by atoms with Gasteiger partial charge in [0, 0.05) is 12.4 Å². The van der Waals surface area contributed by atoms with Crippen LogP contribution in [0.2, 0.25) is 0 Å². The highest BCUT2D eigenvalue weighted by Gasteiger charge is 2.23. The molecule has 15 heavy (non-hydrogen) atoms. The summed E-state index contributed by atoms with van der Waals surface area (Å²) in [6.45, 7) is 1.89. The monoisotopic (exact) mass is 257 g/mol. The van der Waals surface area contributed by atoms with Crippen LogP contribution in [0.25, 0.3) is 0 Å². The number of esters is 1. The standard InChI is InChI=1S/C8H16ClNO4S/c1-3-5-10(7-8(11)14-2)15(12,13)6-4-9/h3-7H2,1-2H3. The van der Waals surface area contributed by atoms with Crippen LogP contribution in [0.15, 0.2) is 0 Å². The maximum absolute atomic E-state index is 11.6. The molecule has 0 bridgehead atoms. The molecular weight excluding hydrogens is 242 g/mol. The van der Waals surface area contributed by atoms with Crippen LogP contribution < -0.4 is 0 Å². The number of hydrogen-bond acceptors (Lipinski definition) is 4. The average Bonchev–Trinajstić information content (AvgIpc) is 2.16. The van der Waals surface area contributed by atoms with Crippen LogP contribution in [0.3, 0.4) is 0 Å². The van der Waals surface area contributed by atoms with E-state index in [1.807, 2.05) is 6.92 Å². The third-order valence-corrected chi connectivity index (χ3v) is 3.97. The van der Waals surface area contributed by atoms with Crippen LogP contribution in [0.5, 0.6) is 0 Å². The van der Waals surface area contributed by atoms with E-state index in [1.165, 1.54) is 7.11 Å². The van der Waals surface area contributed by atoms with E-state index in [-0.39, 0.29) is 18.2 Å². The van der Waals surface area contributed by atoms with Gasteiger partial charge in [-0.2, -0.15) is 4.31 Å². The van der Waals surface area contributed by atoms with Gasteiger partial charge in [0.2, 0.25) is 10.0 Å². The number of carbonyl (C=O) groups excluding carboxylic acids is 1. The van der Waals surface area contributed by atoms with Crippen LogP contribution in [0, 0.1) is 0 Å². The predicted octanol–water partition coefficient (Wildman–Crippen LogP) is 0.440. The summed E-state index contributed by atoms with van der Waals surface area (Å²) < 4.78 is 28.7. The van der Waals surface area contributed by atoms with Gasteiger partial charge < -0.3 is 4.74 Å². The Morgan fingerprint density at radius 3 is 2.47 bits per heavy atom. The summed E-state index contributed by atoms with van der Waals surface area (Å²) in [7, 11) is -2.22. The molecule has 0 aromatic rings. The third-order valence-electron chi connectivity index (χ3n) is 1.73. The molecule has 0 atom stereocenters. The minimum atomic E-state index is -3.44. The second-order valence-electron chi connectivity index (χ2n) is 2.91. The van der Waals surface area contributed by atoms with E-state index in [4.69, 9.17) is 11.6 Å². The lowest BCUT2D eigenvalue weighted by atomic mass is 10.5. The van der Waals surface area contributed by atoms with Gasteiger partial charge in [-0.25, -0.2) is 8.42 Å². The summed E-state index contributed by atoms with van der Waals surface area (Å²) in [4.78, 5) is 11.0. The number of methoxy groups -OCH3 is 1. The van der Waals surface area contributed by atoms with Gasteiger partial charge in [0.15, 0.2) is 0 Å². The van der Waals surface area contributed by atoms with E-state index < -0.39 is 16.0 Å². The maximum Gasteiger partial charge on any atom is 0.321 e. The van der Waals surface area contributed by atoms with Crippen LogP contribution >= 0.6 is 11.6 Å². The topological polar surface area (TPSA) is 63.7 Å². The molecule has 0 radical (unpaired) electrons. The van der Waals surface area contributed by atoms with Crippen molar-refractivity contribution in [3.63, 3.8) is 0 Å². The van der Waals surface area contributed by atoms with Gasteiger partial charge in [-0.3, -0.25) is 4.79 Å². The number of nitrogens with zero attached hydrogens (tertiary/aromatic N) is 1. The quantitative estimate of drug-likeness (QED) is 0.490. The first kappa shape index (κ1) is 14.7. The third kappa shape index (κ3) is 5.34. The summed E-state index contributed by atoms with van der Waals surface area (Å²) in [6.07, 6.45) is 0.637. The van der Waals surface area contributed by atoms with E-state index in [1.54, 1.807) is 0 Å². The van der Waals surface area contributed by atoms with Crippen molar-refractivity contribution in [1.82, 2.24) is 4.31 Å². The number of sulfonamides is 1. The van der Waals surface area contributed by atoms with Crippen molar-refractivity contribution >= 4 is 27.6 Å². The highest BCUT2D eigenvalue weighted by molar-refractivity contribution is 7.89. The van der Waals surface area contributed by atoms with Crippen LogP contribution in [0.1, 0.15) is 13.3 Å². The van der Waals surface area contributed by atoms with Crippen LogP contribution in [0.4, 0.5) is 0 Å². The summed E-state index contributed by atoms with van der Waals surface area (Å²) in [5.41, 5.74) is 0. The highest BCUT2D eigenvalue weighted by atomic mass is 35.5. The summed E-state index contributed by atoms with van der Waals surface area (Å²) >= 11 is 5.38. The molecule has 5 nitrogen and oxygen atoms in total. The minimum Gasteiger partial charge on any atom is -0.468 e. The fraction of sp³-hybridized carbons (Fsp3) is 0.875. The smallest absolute Gasteiger partial charge is 0.321 e. The maximum atomic E-state index is 11.6. The van der Waals surface area contributed by atoms with E-state index in [9.17, 15) is 13.2 Å². The Hall–Kier alpha value is -0.330. The summed E-state index contributed by atoms with van der Waals surface area (Å²) in [5.74, 6) is -0.712. The average molecular weight is 258 g/mol. The van der Waals surface area contributed by atoms with Crippen LogP contribution in [-0.2, 0) is 19.6 Å². The second kappa shape index (κ2) is 7.03. The SMILES string of the molecule is CCCN(CC(=O)OC)S(=O)(=O)CCCl. The lowest BCUT2D eigenvalue weighted by Crippen LogP contribution is -2.38. The molecule has 90 valence electrons. The Morgan fingerprint density at radius 1 is 1.47 bits per heavy atom. The Labute approximate surface area is 95.4 Å². The zero-order valence-corrected chi connectivity index (χ0v) is 10.5. The second-order valence-corrected chi connectivity index (χ2v) is 5.38. The summed E-state index contributed by atoms with van der Waals surface area (Å²) in [6, 6.07) is 0. The van der Waals surface area contributed by atoms with E-state index >= 15 is 0 Å². The van der Waals surface area contributed by atoms with Crippen molar-refractivity contribution in [3.05, 3.63) is 0 Å². The van der Waals surface area contributed by atoms with E-state index in [0.717, 1.165) is 4.31 Å². The van der Waals surface area contributed by atoms with Crippen molar-refractivity contribution in [1.29, 1.82) is 0 Å². The summed E-state index contributed by atoms with van der Waals surface area (Å²) in [5, 5.41) is 0. The highest BCUT2D eigenvalue weighted by Crippen LogP contribution is 2.04. The van der Waals surface area contributed by atoms with Crippen LogP contribution in [-0.4, -0.2) is 50.5 Å². The number of alkyl halides is 1. The fourth-order valence-corrected chi connectivity index (χ4v) is 2.80. The number of carbonyl (C=O) groups is 1. The molecule has 0 aromatic carbocycles. The number of ether oxygens (including phenoxy) is 1. The molecule has 0 unspecified atom stereocenters. The molecule has 0 spiro atoms. The number of hydrogen-bond donors (Lipinski definition) is 0. The molecule has 0 N–H and O–H groups in total. The molecule has 0 aliphatic carbocycles. The van der Waals surface area contributed by atoms with Crippen molar-refractivity contribution in [2.75, 3.05) is 31.8 Å². The zero-order valence-electron chi connectivity index (χ0n) is 8.90. The number of halogens is 1. The van der Waals surface area contributed by atoms with Crippen molar-refractivity contribution in [3.8, 4) is 0 Å². The predicted molar refractivity (Wildman–Crippen MR) is 58.4 cm³/mol. The Balaban J connectivity index is 4.57. The molecule has 0 heterocycles. The van der Waals surface area contributed by atoms with Crippen molar-refractivity contribution in [2.45, 2.75) is 13.3 Å². The van der Waals surface area contributed by atoms with Crippen molar-refractivity contribution in [2.24, 2.45) is 0 Å². The fourth-order valence-electron chi connectivity index (χ4n) is 1.00. The molecule has 0 amide bonds. The van der Waals surface area contributed by atoms with Gasteiger partial charge in [-0.1, -0.05) is 6.92 Å². The Morgan fingerprint density at radius 2 is 2.07 bits per heavy atom. The molecule has 0 aliphatic heterocycles. The molecule has 0 aliphatic rings. The van der Waals surface area contributed by atoms with Gasteiger partial charge in [0.25, 0.3) is 0 Å². The van der Waals surface area contributed by atoms with Crippen molar-refractivity contribution < 1.29 is 17.9 Å². The van der Waals surface area contributed by atoms with E-state index in [0.29, 0.717) is 13.0 Å². The van der Waals surface area contributed by atoms with E-state index in [2.05, 4.69) is 4.74 Å². The molecule has 0 rings (SSSR count). The zero-order chi connectivity index (χ0) is 11.9. The van der Waals surface area contributed by atoms with Gasteiger partial charge in [0.1, 0.15) is 6.54 Å². The molecule has 0 fully saturated rings. The van der Waals surface area contributed by atoms with Gasteiger partial charge in [-0.05, 0) is 6.42 Å². The molecular formula is C8H16ClNO4S. The first-order valence-corrected chi connectivity index (χ1v) is 6.73. The lowest BCUT2D eigenvalue weighted by molar-refractivity contribution is -0.140. The molecule has 0 aromatic heterocycles. The normalized spacial score (nSPS) is 11.7. The van der Waals surface area contributed by atoms with Gasteiger partial charge >= 0.3 is 5.97 Å². The largest absolute Gasteiger partial charge is 0.468 e. The lowest BCUT2D eigenvalue weighted by Gasteiger charge is -2.19. The minimum absolute atomic E-state index is 0.0176. The number of rotatable bonds is 7. The van der Waals surface area contributed by atoms with Gasteiger partial charge in [-0.15, -0.1) is 11.6 Å². The molecule has 7 heteroatoms. The Bertz CT molecular complexity index is 291. The Kier molecular flexibility index (Phi) is 6.87. The first-order valence-electron chi connectivity index (χ1n) is 4.58. The molecule has 0 saturated heterocycles. The first-order chi connectivity index (χ1) is 6.97. The van der Waals surface area contributed by atoms with Gasteiger partial charge in [0.05, 0.1) is 12.9 Å². The molecule has 0 saturated carbocycles.